The number of benzene rings is 2. The van der Waals surface area contributed by atoms with Gasteiger partial charge in [-0.25, -0.2) is 0 Å². The summed E-state index contributed by atoms with van der Waals surface area (Å²) >= 11 is 3.04. The quantitative estimate of drug-likeness (QED) is 0.426. The molecule has 0 spiro atoms. The van der Waals surface area contributed by atoms with E-state index in [4.69, 9.17) is 14.2 Å². The number of carbonyl (C=O) groups excluding carboxylic acids is 2. The number of hydrogen-bond donors (Lipinski definition) is 0. The second-order valence-electron chi connectivity index (χ2n) is 7.12. The van der Waals surface area contributed by atoms with Crippen LogP contribution in [0.1, 0.15) is 24.2 Å². The topological polar surface area (TPSA) is 79.1 Å². The van der Waals surface area contributed by atoms with Gasteiger partial charge < -0.3 is 18.8 Å². The van der Waals surface area contributed by atoms with Crippen molar-refractivity contribution in [1.29, 1.82) is 0 Å². The van der Waals surface area contributed by atoms with E-state index < -0.39 is 5.97 Å². The van der Waals surface area contributed by atoms with E-state index in [1.807, 2.05) is 24.3 Å². The summed E-state index contributed by atoms with van der Waals surface area (Å²) in [5, 5.41) is 0.459. The van der Waals surface area contributed by atoms with Crippen molar-refractivity contribution in [3.8, 4) is 11.5 Å². The molecule has 0 radical (unpaired) electrons. The van der Waals surface area contributed by atoms with Gasteiger partial charge in [-0.3, -0.25) is 9.59 Å². The Morgan fingerprint density at radius 3 is 2.48 bits per heavy atom. The van der Waals surface area contributed by atoms with Crippen LogP contribution in [-0.2, 0) is 16.1 Å². The molecule has 0 N–H and O–H groups in total. The van der Waals surface area contributed by atoms with E-state index in [0.717, 1.165) is 15.1 Å². The van der Waals surface area contributed by atoms with Crippen LogP contribution in [0.15, 0.2) is 46.3 Å². The molecule has 4 rings (SSSR count). The van der Waals surface area contributed by atoms with E-state index in [0.29, 0.717) is 40.3 Å². The highest BCUT2D eigenvalue weighted by molar-refractivity contribution is 7.99. The zero-order valence-corrected chi connectivity index (χ0v) is 19.0. The fourth-order valence-electron chi connectivity index (χ4n) is 3.14. The van der Waals surface area contributed by atoms with Gasteiger partial charge in [0, 0.05) is 27.8 Å². The number of thiazole rings is 1. The van der Waals surface area contributed by atoms with Gasteiger partial charge in [0.1, 0.15) is 19.8 Å². The number of carbonyl (C=O) groups is 2. The number of thioether (sulfide) groups is 1. The smallest absolute Gasteiger partial charge is 0.325 e. The number of rotatable bonds is 5. The number of amides is 1. The molecule has 7 nitrogen and oxygen atoms in total. The van der Waals surface area contributed by atoms with Gasteiger partial charge in [-0.15, -0.1) is 11.8 Å². The van der Waals surface area contributed by atoms with Gasteiger partial charge in [0.25, 0.3) is 5.91 Å². The molecule has 0 unspecified atom stereocenters. The second-order valence-corrected chi connectivity index (χ2v) is 9.78. The van der Waals surface area contributed by atoms with Gasteiger partial charge in [0.15, 0.2) is 16.3 Å². The number of nitrogens with zero attached hydrogens (tertiary/aromatic N) is 2. The molecule has 0 aliphatic carbocycles. The Bertz CT molecular complexity index is 1200. The van der Waals surface area contributed by atoms with Crippen LogP contribution in [0.2, 0.25) is 0 Å². The summed E-state index contributed by atoms with van der Waals surface area (Å²) in [5.41, 5.74) is 1.22. The summed E-state index contributed by atoms with van der Waals surface area (Å²) in [4.78, 5) is 30.7. The molecule has 162 valence electrons. The van der Waals surface area contributed by atoms with Crippen LogP contribution in [0.5, 0.6) is 11.5 Å². The molecule has 1 aliphatic heterocycles. The summed E-state index contributed by atoms with van der Waals surface area (Å²) in [7, 11) is 1.33. The summed E-state index contributed by atoms with van der Waals surface area (Å²) < 4.78 is 18.7. The Balaban J connectivity index is 1.75. The number of hydrogen-bond acceptors (Lipinski definition) is 7. The standard InChI is InChI=1S/C22H22N2O5S2/c1-13(2)30-15-6-4-14(5-7-15)21(26)23-22-24(12-20(25)27-3)16-10-17-18(11-19(16)31-22)29-9-8-28-17/h4-7,10-11,13H,8-9,12H2,1-3H3. The minimum atomic E-state index is -0.432. The molecule has 2 heterocycles. The Labute approximate surface area is 187 Å². The van der Waals surface area contributed by atoms with Crippen LogP contribution in [0.3, 0.4) is 0 Å². The van der Waals surface area contributed by atoms with Gasteiger partial charge in [-0.05, 0) is 24.3 Å². The van der Waals surface area contributed by atoms with Gasteiger partial charge in [-0.1, -0.05) is 25.2 Å². The summed E-state index contributed by atoms with van der Waals surface area (Å²) in [6.07, 6.45) is 0. The normalized spacial score (nSPS) is 13.6. The van der Waals surface area contributed by atoms with Crippen LogP contribution in [0.25, 0.3) is 10.2 Å². The Hall–Kier alpha value is -2.78. The van der Waals surface area contributed by atoms with E-state index in [2.05, 4.69) is 18.8 Å². The average Bonchev–Trinajstić information content (AvgIpc) is 3.07. The monoisotopic (exact) mass is 458 g/mol. The molecule has 3 aromatic rings. The van der Waals surface area contributed by atoms with Gasteiger partial charge in [-0.2, -0.15) is 4.99 Å². The first-order valence-electron chi connectivity index (χ1n) is 9.80. The predicted molar refractivity (Wildman–Crippen MR) is 120 cm³/mol. The van der Waals surface area contributed by atoms with Crippen molar-refractivity contribution < 1.29 is 23.8 Å². The first-order chi connectivity index (χ1) is 14.9. The second kappa shape index (κ2) is 9.15. The third-order valence-electron chi connectivity index (χ3n) is 4.53. The number of esters is 1. The molecule has 1 aromatic heterocycles. The fourth-order valence-corrected chi connectivity index (χ4v) is 5.01. The maximum Gasteiger partial charge on any atom is 0.325 e. The molecule has 0 bridgehead atoms. The molecular formula is C22H22N2O5S2. The number of methoxy groups -OCH3 is 1. The highest BCUT2D eigenvalue weighted by Gasteiger charge is 2.18. The third kappa shape index (κ3) is 4.77. The van der Waals surface area contributed by atoms with Gasteiger partial charge in [0.05, 0.1) is 17.3 Å². The lowest BCUT2D eigenvalue weighted by Crippen LogP contribution is -2.22. The van der Waals surface area contributed by atoms with Crippen molar-refractivity contribution in [3.05, 3.63) is 46.8 Å². The zero-order valence-electron chi connectivity index (χ0n) is 17.4. The minimum absolute atomic E-state index is 0.0633. The molecule has 1 amide bonds. The van der Waals surface area contributed by atoms with Crippen LogP contribution in [-0.4, -0.2) is 42.0 Å². The fraction of sp³-hybridized carbons (Fsp3) is 0.318. The van der Waals surface area contributed by atoms with Gasteiger partial charge >= 0.3 is 5.97 Å². The Morgan fingerprint density at radius 2 is 1.84 bits per heavy atom. The number of fused-ring (bicyclic) bond motifs is 2. The average molecular weight is 459 g/mol. The molecule has 2 aromatic carbocycles. The third-order valence-corrected chi connectivity index (χ3v) is 6.59. The van der Waals surface area contributed by atoms with Crippen molar-refractivity contribution in [3.63, 3.8) is 0 Å². The molecular weight excluding hydrogens is 436 g/mol. The first-order valence-corrected chi connectivity index (χ1v) is 11.5. The lowest BCUT2D eigenvalue weighted by molar-refractivity contribution is -0.141. The zero-order chi connectivity index (χ0) is 22.0. The van der Waals surface area contributed by atoms with Crippen LogP contribution >= 0.6 is 23.1 Å². The lowest BCUT2D eigenvalue weighted by Gasteiger charge is -2.18. The molecule has 0 saturated heterocycles. The van der Waals surface area contributed by atoms with Crippen molar-refractivity contribution in [2.45, 2.75) is 30.5 Å². The molecule has 0 fully saturated rings. The van der Waals surface area contributed by atoms with E-state index in [1.165, 1.54) is 18.4 Å². The summed E-state index contributed by atoms with van der Waals surface area (Å²) in [6.45, 7) is 5.11. The molecule has 0 saturated carbocycles. The SMILES string of the molecule is COC(=O)Cn1c(=NC(=O)c2ccc(SC(C)C)cc2)sc2cc3c(cc21)OCCO3. The van der Waals surface area contributed by atoms with Crippen molar-refractivity contribution in [2.75, 3.05) is 20.3 Å². The Morgan fingerprint density at radius 1 is 1.16 bits per heavy atom. The van der Waals surface area contributed by atoms with E-state index in [1.54, 1.807) is 28.5 Å². The summed E-state index contributed by atoms with van der Waals surface area (Å²) in [5.74, 6) is 0.440. The maximum absolute atomic E-state index is 12.8. The van der Waals surface area contributed by atoms with Crippen LogP contribution in [0.4, 0.5) is 0 Å². The number of aromatic nitrogens is 1. The molecule has 0 atom stereocenters. The lowest BCUT2D eigenvalue weighted by atomic mass is 10.2. The van der Waals surface area contributed by atoms with Gasteiger partial charge in [0.2, 0.25) is 0 Å². The molecule has 1 aliphatic rings. The minimum Gasteiger partial charge on any atom is -0.486 e. The van der Waals surface area contributed by atoms with Crippen molar-refractivity contribution in [1.82, 2.24) is 4.57 Å². The van der Waals surface area contributed by atoms with E-state index in [-0.39, 0.29) is 12.5 Å². The predicted octanol–water partition coefficient (Wildman–Crippen LogP) is 3.89. The van der Waals surface area contributed by atoms with Crippen LogP contribution < -0.4 is 14.3 Å². The maximum atomic E-state index is 12.8. The Kier molecular flexibility index (Phi) is 6.33. The van der Waals surface area contributed by atoms with E-state index >= 15 is 0 Å². The summed E-state index contributed by atoms with van der Waals surface area (Å²) in [6, 6.07) is 11.0. The van der Waals surface area contributed by atoms with Crippen LogP contribution in [0, 0.1) is 0 Å². The first kappa shape index (κ1) is 21.5. The van der Waals surface area contributed by atoms with E-state index in [9.17, 15) is 9.59 Å². The highest BCUT2D eigenvalue weighted by Crippen LogP contribution is 2.35. The number of ether oxygens (including phenoxy) is 3. The molecule has 31 heavy (non-hydrogen) atoms. The highest BCUT2D eigenvalue weighted by atomic mass is 32.2. The van der Waals surface area contributed by atoms with Crippen molar-refractivity contribution >= 4 is 45.2 Å². The molecule has 9 heteroatoms. The van der Waals surface area contributed by atoms with Crippen molar-refractivity contribution in [2.24, 2.45) is 4.99 Å². The largest absolute Gasteiger partial charge is 0.486 e.